The lowest BCUT2D eigenvalue weighted by molar-refractivity contribution is -0.192. The summed E-state index contributed by atoms with van der Waals surface area (Å²) in [6.45, 7) is 4.38. The smallest absolute Gasteiger partial charge is 0.475 e. The fourth-order valence-corrected chi connectivity index (χ4v) is 3.44. The van der Waals surface area contributed by atoms with Gasteiger partial charge in [-0.3, -0.25) is 9.88 Å². The molecule has 4 rings (SSSR count). The van der Waals surface area contributed by atoms with E-state index in [0.717, 1.165) is 43.5 Å². The number of carboxylic acids is 1. The van der Waals surface area contributed by atoms with Gasteiger partial charge >= 0.3 is 12.1 Å². The molecule has 0 radical (unpaired) electrons. The second kappa shape index (κ2) is 9.52. The number of fused-ring (bicyclic) bond motifs is 1. The first-order valence-electron chi connectivity index (χ1n) is 9.61. The van der Waals surface area contributed by atoms with E-state index < -0.39 is 12.1 Å². The van der Waals surface area contributed by atoms with Crippen molar-refractivity contribution in [3.63, 3.8) is 0 Å². The standard InChI is InChI=1S/C17H23N5O.C2HF3O2/c1-23-12-14-9-21(10-15-4-2-3-7-18-15)11-16-17(14)22(20-19-16)8-13-5-6-13;3-2(4,5)1(6)7/h2-4,7,13-14H,5-6,8-12H2,1H3;(H,6,7). The van der Waals surface area contributed by atoms with Crippen molar-refractivity contribution in [3.05, 3.63) is 41.5 Å². The lowest BCUT2D eigenvalue weighted by Gasteiger charge is -2.32. The molecule has 30 heavy (non-hydrogen) atoms. The zero-order chi connectivity index (χ0) is 21.7. The molecule has 0 saturated heterocycles. The predicted octanol–water partition coefficient (Wildman–Crippen LogP) is 2.46. The van der Waals surface area contributed by atoms with E-state index in [2.05, 4.69) is 30.9 Å². The van der Waals surface area contributed by atoms with Gasteiger partial charge in [0.25, 0.3) is 0 Å². The van der Waals surface area contributed by atoms with E-state index in [1.54, 1.807) is 7.11 Å². The maximum absolute atomic E-state index is 10.6. The third kappa shape index (κ3) is 5.99. The van der Waals surface area contributed by atoms with Crippen LogP contribution in [0.5, 0.6) is 0 Å². The van der Waals surface area contributed by atoms with Crippen molar-refractivity contribution in [3.8, 4) is 0 Å². The van der Waals surface area contributed by atoms with Crippen molar-refractivity contribution in [1.29, 1.82) is 0 Å². The number of hydrogen-bond donors (Lipinski definition) is 1. The van der Waals surface area contributed by atoms with Crippen LogP contribution >= 0.6 is 0 Å². The Balaban J connectivity index is 0.000000318. The summed E-state index contributed by atoms with van der Waals surface area (Å²) in [5.74, 6) is -1.62. The monoisotopic (exact) mass is 427 g/mol. The summed E-state index contributed by atoms with van der Waals surface area (Å²) >= 11 is 0. The molecular weight excluding hydrogens is 403 g/mol. The predicted molar refractivity (Wildman–Crippen MR) is 99.4 cm³/mol. The molecular formula is C19H24F3N5O3. The Kier molecular flexibility index (Phi) is 7.03. The average Bonchev–Trinajstić information content (AvgIpc) is 3.41. The Morgan fingerprint density at radius 1 is 1.33 bits per heavy atom. The fourth-order valence-electron chi connectivity index (χ4n) is 3.44. The van der Waals surface area contributed by atoms with Gasteiger partial charge in [-0.25, -0.2) is 9.48 Å². The van der Waals surface area contributed by atoms with Crippen LogP contribution in [0.3, 0.4) is 0 Å². The van der Waals surface area contributed by atoms with Crippen molar-refractivity contribution in [2.45, 2.75) is 44.6 Å². The highest BCUT2D eigenvalue weighted by Gasteiger charge is 2.38. The highest BCUT2D eigenvalue weighted by molar-refractivity contribution is 5.73. The first-order chi connectivity index (χ1) is 14.3. The van der Waals surface area contributed by atoms with E-state index >= 15 is 0 Å². The van der Waals surface area contributed by atoms with Gasteiger partial charge in [-0.2, -0.15) is 13.2 Å². The SMILES string of the molecule is COCC1CN(Cc2ccccn2)Cc2nnn(CC3CC3)c21.O=C(O)C(F)(F)F. The van der Waals surface area contributed by atoms with Crippen LogP contribution in [0.15, 0.2) is 24.4 Å². The molecule has 2 aromatic rings. The normalized spacial score (nSPS) is 19.0. The van der Waals surface area contributed by atoms with Crippen molar-refractivity contribution in [1.82, 2.24) is 24.9 Å². The Bertz CT molecular complexity index is 840. The topological polar surface area (TPSA) is 93.4 Å². The van der Waals surface area contributed by atoms with Gasteiger partial charge in [0, 0.05) is 45.4 Å². The first-order valence-corrected chi connectivity index (χ1v) is 9.61. The number of carbonyl (C=O) groups is 1. The maximum Gasteiger partial charge on any atom is 0.490 e. The number of pyridine rings is 1. The van der Waals surface area contributed by atoms with E-state index in [1.807, 2.05) is 18.3 Å². The largest absolute Gasteiger partial charge is 0.490 e. The number of aromatic nitrogens is 4. The second-order valence-electron chi connectivity index (χ2n) is 7.49. The zero-order valence-electron chi connectivity index (χ0n) is 16.5. The van der Waals surface area contributed by atoms with Gasteiger partial charge in [0.2, 0.25) is 0 Å². The molecule has 11 heteroatoms. The molecule has 1 aliphatic heterocycles. The molecule has 2 aliphatic rings. The molecule has 1 aliphatic carbocycles. The summed E-state index contributed by atoms with van der Waals surface area (Å²) in [5.41, 5.74) is 3.49. The number of methoxy groups -OCH3 is 1. The van der Waals surface area contributed by atoms with E-state index in [-0.39, 0.29) is 0 Å². The molecule has 0 amide bonds. The molecule has 3 heterocycles. The number of nitrogens with zero attached hydrogens (tertiary/aromatic N) is 5. The van der Waals surface area contributed by atoms with E-state index in [4.69, 9.17) is 14.6 Å². The zero-order valence-corrected chi connectivity index (χ0v) is 16.5. The second-order valence-corrected chi connectivity index (χ2v) is 7.49. The van der Waals surface area contributed by atoms with Crippen LogP contribution in [-0.2, 0) is 29.2 Å². The van der Waals surface area contributed by atoms with Crippen LogP contribution in [0.2, 0.25) is 0 Å². The summed E-state index contributed by atoms with van der Waals surface area (Å²) < 4.78 is 39.3. The van der Waals surface area contributed by atoms with Crippen LogP contribution in [0, 0.1) is 5.92 Å². The quantitative estimate of drug-likeness (QED) is 0.757. The van der Waals surface area contributed by atoms with Gasteiger partial charge in [-0.05, 0) is 30.9 Å². The molecule has 8 nitrogen and oxygen atoms in total. The lowest BCUT2D eigenvalue weighted by Crippen LogP contribution is -2.36. The van der Waals surface area contributed by atoms with Crippen LogP contribution in [-0.4, -0.2) is 62.4 Å². The van der Waals surface area contributed by atoms with Crippen LogP contribution in [0.4, 0.5) is 13.2 Å². The summed E-state index contributed by atoms with van der Waals surface area (Å²) in [6.07, 6.45) is -0.575. The van der Waals surface area contributed by atoms with Gasteiger partial charge in [-0.15, -0.1) is 5.10 Å². The minimum Gasteiger partial charge on any atom is -0.475 e. The van der Waals surface area contributed by atoms with Crippen molar-refractivity contribution >= 4 is 5.97 Å². The number of aliphatic carboxylic acids is 1. The molecule has 1 fully saturated rings. The Hall–Kier alpha value is -2.53. The molecule has 1 unspecified atom stereocenters. The Morgan fingerprint density at radius 2 is 2.07 bits per heavy atom. The van der Waals surface area contributed by atoms with Gasteiger partial charge in [0.1, 0.15) is 5.69 Å². The third-order valence-corrected chi connectivity index (χ3v) is 4.94. The minimum atomic E-state index is -5.08. The number of halogens is 3. The third-order valence-electron chi connectivity index (χ3n) is 4.94. The summed E-state index contributed by atoms with van der Waals surface area (Å²) in [6, 6.07) is 6.07. The summed E-state index contributed by atoms with van der Waals surface area (Å²) in [5, 5.41) is 16.0. The number of ether oxygens (including phenoxy) is 1. The van der Waals surface area contributed by atoms with Gasteiger partial charge < -0.3 is 9.84 Å². The Labute approximate surface area is 171 Å². The van der Waals surface area contributed by atoms with E-state index in [0.29, 0.717) is 12.5 Å². The molecule has 1 atom stereocenters. The van der Waals surface area contributed by atoms with Crippen molar-refractivity contribution in [2.75, 3.05) is 20.3 Å². The number of alkyl halides is 3. The van der Waals surface area contributed by atoms with Crippen LogP contribution < -0.4 is 0 Å². The lowest BCUT2D eigenvalue weighted by atomic mass is 9.98. The van der Waals surface area contributed by atoms with E-state index in [9.17, 15) is 13.2 Å². The molecule has 0 aromatic carbocycles. The highest BCUT2D eigenvalue weighted by Crippen LogP contribution is 2.34. The number of hydrogen-bond acceptors (Lipinski definition) is 6. The van der Waals surface area contributed by atoms with Crippen LogP contribution in [0.25, 0.3) is 0 Å². The van der Waals surface area contributed by atoms with Crippen molar-refractivity contribution in [2.24, 2.45) is 5.92 Å². The fraction of sp³-hybridized carbons (Fsp3) is 0.579. The molecule has 2 aromatic heterocycles. The molecule has 1 N–H and O–H groups in total. The minimum absolute atomic E-state index is 0.334. The maximum atomic E-state index is 10.6. The average molecular weight is 427 g/mol. The molecule has 1 saturated carbocycles. The molecule has 164 valence electrons. The summed E-state index contributed by atoms with van der Waals surface area (Å²) in [4.78, 5) is 15.7. The highest BCUT2D eigenvalue weighted by atomic mass is 19.4. The van der Waals surface area contributed by atoms with Gasteiger partial charge in [0.05, 0.1) is 18.0 Å². The summed E-state index contributed by atoms with van der Waals surface area (Å²) in [7, 11) is 1.77. The van der Waals surface area contributed by atoms with E-state index in [1.165, 1.54) is 18.5 Å². The van der Waals surface area contributed by atoms with Gasteiger partial charge in [-0.1, -0.05) is 11.3 Å². The van der Waals surface area contributed by atoms with Crippen LogP contribution in [0.1, 0.15) is 35.8 Å². The molecule has 0 spiro atoms. The van der Waals surface area contributed by atoms with Gasteiger partial charge in [0.15, 0.2) is 0 Å². The Morgan fingerprint density at radius 3 is 2.63 bits per heavy atom. The van der Waals surface area contributed by atoms with Crippen molar-refractivity contribution < 1.29 is 27.8 Å². The number of rotatable bonds is 6. The first kappa shape index (κ1) is 22.2. The molecule has 0 bridgehead atoms. The number of carboxylic acid groups (broad SMARTS) is 1.